The van der Waals surface area contributed by atoms with Crippen molar-refractivity contribution in [2.24, 2.45) is 0 Å². The summed E-state index contributed by atoms with van der Waals surface area (Å²) >= 11 is 6.50. The van der Waals surface area contributed by atoms with Gasteiger partial charge in [0.25, 0.3) is 0 Å². The summed E-state index contributed by atoms with van der Waals surface area (Å²) in [6.07, 6.45) is 4.24. The molecule has 1 aliphatic rings. The lowest BCUT2D eigenvalue weighted by Crippen LogP contribution is -2.10. The maximum absolute atomic E-state index is 10.7. The molecule has 0 spiro atoms. The number of hydrogen-bond donors (Lipinski definition) is 0. The molecule has 1 atom stereocenters. The van der Waals surface area contributed by atoms with Gasteiger partial charge in [0.05, 0.1) is 6.61 Å². The number of esters is 1. The van der Waals surface area contributed by atoms with Crippen LogP contribution in [-0.4, -0.2) is 28.8 Å². The summed E-state index contributed by atoms with van der Waals surface area (Å²) in [6, 6.07) is 0. The van der Waals surface area contributed by atoms with E-state index < -0.39 is 0 Å². The molecule has 0 radical (unpaired) electrons. The third-order valence-corrected chi connectivity index (χ3v) is 3.30. The van der Waals surface area contributed by atoms with Crippen molar-refractivity contribution in [2.45, 2.75) is 25.4 Å². The average molecular weight is 246 g/mol. The summed E-state index contributed by atoms with van der Waals surface area (Å²) in [5, 5.41) is 0. The fraction of sp³-hybridized carbons (Fsp3) is 0.600. The first-order valence-corrected chi connectivity index (χ1v) is 6.24. The highest BCUT2D eigenvalue weighted by Crippen LogP contribution is 2.23. The molecule has 84 valence electrons. The Morgan fingerprint density at radius 2 is 2.53 bits per heavy atom. The second kappa shape index (κ2) is 6.85. The topological polar surface area (TPSA) is 35.5 Å². The molecule has 0 saturated carbocycles. The van der Waals surface area contributed by atoms with Gasteiger partial charge in [0.15, 0.2) is 0 Å². The van der Waals surface area contributed by atoms with E-state index in [0.717, 1.165) is 25.0 Å². The molecule has 15 heavy (non-hydrogen) atoms. The zero-order valence-electron chi connectivity index (χ0n) is 8.44. The zero-order chi connectivity index (χ0) is 11.1. The summed E-state index contributed by atoms with van der Waals surface area (Å²) in [7, 11) is 0. The number of carbonyl (C=O) groups is 1. The van der Waals surface area contributed by atoms with E-state index in [1.54, 1.807) is 11.8 Å². The van der Waals surface area contributed by atoms with Crippen LogP contribution in [0.5, 0.6) is 0 Å². The lowest BCUT2D eigenvalue weighted by Gasteiger charge is -2.08. The van der Waals surface area contributed by atoms with Gasteiger partial charge in [-0.05, 0) is 31.5 Å². The van der Waals surface area contributed by atoms with Gasteiger partial charge in [-0.2, -0.15) is 0 Å². The minimum atomic E-state index is -0.358. The molecule has 0 bridgehead atoms. The number of unbranched alkanes of at least 4 members (excludes halogenated alkanes) is 1. The molecule has 1 fully saturated rings. The minimum absolute atomic E-state index is 0.248. The van der Waals surface area contributed by atoms with Crippen molar-refractivity contribution in [2.75, 3.05) is 12.4 Å². The molecule has 1 rings (SSSR count). The molecule has 1 saturated heterocycles. The highest BCUT2D eigenvalue weighted by molar-refractivity contribution is 8.22. The molecule has 5 heteroatoms. The molecule has 1 aliphatic heterocycles. The summed E-state index contributed by atoms with van der Waals surface area (Å²) in [5.41, 5.74) is 0. The number of ether oxygens (including phenoxy) is 2. The SMILES string of the molecule is C=CC(=O)OCCCCC1CSC(=S)O1. The van der Waals surface area contributed by atoms with Crippen LogP contribution in [0.3, 0.4) is 0 Å². The van der Waals surface area contributed by atoms with Crippen LogP contribution < -0.4 is 0 Å². The van der Waals surface area contributed by atoms with Gasteiger partial charge in [-0.25, -0.2) is 4.79 Å². The smallest absolute Gasteiger partial charge is 0.330 e. The van der Waals surface area contributed by atoms with Gasteiger partial charge >= 0.3 is 5.97 Å². The van der Waals surface area contributed by atoms with Crippen molar-refractivity contribution in [1.82, 2.24) is 0 Å². The van der Waals surface area contributed by atoms with Gasteiger partial charge in [0, 0.05) is 11.8 Å². The fourth-order valence-corrected chi connectivity index (χ4v) is 2.31. The quantitative estimate of drug-likeness (QED) is 0.311. The van der Waals surface area contributed by atoms with Crippen LogP contribution >= 0.6 is 24.0 Å². The van der Waals surface area contributed by atoms with Crippen molar-refractivity contribution >= 4 is 34.3 Å². The lowest BCUT2D eigenvalue weighted by atomic mass is 10.2. The number of thiocarbonyl (C=S) groups is 1. The van der Waals surface area contributed by atoms with E-state index in [2.05, 4.69) is 6.58 Å². The Morgan fingerprint density at radius 3 is 3.13 bits per heavy atom. The van der Waals surface area contributed by atoms with Crippen LogP contribution in [-0.2, 0) is 14.3 Å². The molecule has 1 heterocycles. The molecule has 0 aliphatic carbocycles. The van der Waals surface area contributed by atoms with Crippen molar-refractivity contribution < 1.29 is 14.3 Å². The van der Waals surface area contributed by atoms with Crippen LogP contribution in [0.1, 0.15) is 19.3 Å². The first-order valence-electron chi connectivity index (χ1n) is 4.85. The second-order valence-corrected chi connectivity index (χ2v) is 4.79. The first-order chi connectivity index (χ1) is 7.22. The maximum Gasteiger partial charge on any atom is 0.330 e. The predicted molar refractivity (Wildman–Crippen MR) is 64.9 cm³/mol. The standard InChI is InChI=1S/C10H14O3S2/c1-2-9(11)12-6-4-3-5-8-7-15-10(14)13-8/h2,8H,1,3-7H2. The predicted octanol–water partition coefficient (Wildman–Crippen LogP) is 2.30. The molecule has 0 amide bonds. The van der Waals surface area contributed by atoms with E-state index in [-0.39, 0.29) is 12.1 Å². The molecule has 0 aromatic heterocycles. The molecule has 0 aromatic rings. The Bertz CT molecular complexity index is 253. The Hall–Kier alpha value is -0.550. The van der Waals surface area contributed by atoms with Crippen molar-refractivity contribution in [1.29, 1.82) is 0 Å². The summed E-state index contributed by atoms with van der Waals surface area (Å²) in [6.45, 7) is 3.77. The first kappa shape index (κ1) is 12.5. The van der Waals surface area contributed by atoms with Crippen molar-refractivity contribution in [3.63, 3.8) is 0 Å². The van der Waals surface area contributed by atoms with Gasteiger partial charge in [0.2, 0.25) is 4.38 Å². The Balaban J connectivity index is 1.95. The van der Waals surface area contributed by atoms with Crippen LogP contribution in [0, 0.1) is 0 Å². The number of hydrogen-bond acceptors (Lipinski definition) is 5. The van der Waals surface area contributed by atoms with E-state index in [9.17, 15) is 4.79 Å². The highest BCUT2D eigenvalue weighted by Gasteiger charge is 2.20. The van der Waals surface area contributed by atoms with Crippen LogP contribution in [0.4, 0.5) is 0 Å². The number of thioether (sulfide) groups is 1. The fourth-order valence-electron chi connectivity index (χ4n) is 1.21. The highest BCUT2D eigenvalue weighted by atomic mass is 32.2. The molecule has 0 aromatic carbocycles. The van der Waals surface area contributed by atoms with Crippen molar-refractivity contribution in [3.8, 4) is 0 Å². The van der Waals surface area contributed by atoms with E-state index in [4.69, 9.17) is 21.7 Å². The van der Waals surface area contributed by atoms with Gasteiger partial charge in [-0.3, -0.25) is 0 Å². The van der Waals surface area contributed by atoms with E-state index in [1.165, 1.54) is 6.08 Å². The summed E-state index contributed by atoms with van der Waals surface area (Å²) in [4.78, 5) is 10.7. The normalized spacial score (nSPS) is 19.7. The lowest BCUT2D eigenvalue weighted by molar-refractivity contribution is -0.137. The second-order valence-electron chi connectivity index (χ2n) is 3.17. The van der Waals surface area contributed by atoms with Crippen LogP contribution in [0.25, 0.3) is 0 Å². The molecular formula is C10H14O3S2. The van der Waals surface area contributed by atoms with Crippen LogP contribution in [0.2, 0.25) is 0 Å². The van der Waals surface area contributed by atoms with Crippen LogP contribution in [0.15, 0.2) is 12.7 Å². The van der Waals surface area contributed by atoms with Gasteiger partial charge in [-0.1, -0.05) is 18.3 Å². The maximum atomic E-state index is 10.7. The minimum Gasteiger partial charge on any atom is -0.474 e. The zero-order valence-corrected chi connectivity index (χ0v) is 10.1. The number of rotatable bonds is 6. The summed E-state index contributed by atoms with van der Waals surface area (Å²) < 4.78 is 10.9. The third kappa shape index (κ3) is 5.18. The molecule has 3 nitrogen and oxygen atoms in total. The van der Waals surface area contributed by atoms with Gasteiger partial charge in [-0.15, -0.1) is 0 Å². The van der Waals surface area contributed by atoms with Crippen molar-refractivity contribution in [3.05, 3.63) is 12.7 Å². The Labute approximate surface area is 99.2 Å². The Morgan fingerprint density at radius 1 is 1.73 bits per heavy atom. The van der Waals surface area contributed by atoms with Gasteiger partial charge < -0.3 is 9.47 Å². The van der Waals surface area contributed by atoms with E-state index in [0.29, 0.717) is 11.0 Å². The monoisotopic (exact) mass is 246 g/mol. The largest absolute Gasteiger partial charge is 0.474 e. The molecule has 0 N–H and O–H groups in total. The van der Waals surface area contributed by atoms with E-state index >= 15 is 0 Å². The number of carbonyl (C=O) groups excluding carboxylic acids is 1. The molecular weight excluding hydrogens is 232 g/mol. The summed E-state index contributed by atoms with van der Waals surface area (Å²) in [5.74, 6) is 0.592. The average Bonchev–Trinajstić information content (AvgIpc) is 2.63. The third-order valence-electron chi connectivity index (χ3n) is 1.98. The molecule has 1 unspecified atom stereocenters. The van der Waals surface area contributed by atoms with Gasteiger partial charge in [0.1, 0.15) is 6.10 Å². The Kier molecular flexibility index (Phi) is 5.71. The van der Waals surface area contributed by atoms with E-state index in [1.807, 2.05) is 0 Å².